The number of oxazole rings is 1. The Bertz CT molecular complexity index is 1100. The number of aromatic nitrogens is 5. The molecule has 1 N–H and O–H groups in total. The summed E-state index contributed by atoms with van der Waals surface area (Å²) in [6, 6.07) is 8.34. The molecular weight excluding hydrogens is 359 g/mol. The number of alkyl halides is 3. The first-order valence-corrected chi connectivity index (χ1v) is 7.93. The van der Waals surface area contributed by atoms with E-state index >= 15 is 0 Å². The van der Waals surface area contributed by atoms with Crippen molar-refractivity contribution in [3.8, 4) is 0 Å². The van der Waals surface area contributed by atoms with E-state index in [0.29, 0.717) is 20.8 Å². The smallest absolute Gasteiger partial charge is 0.431 e. The van der Waals surface area contributed by atoms with E-state index < -0.39 is 17.6 Å². The Hall–Kier alpha value is -2.82. The van der Waals surface area contributed by atoms with E-state index in [2.05, 4.69) is 15.0 Å². The maximum absolute atomic E-state index is 12.7. The molecule has 0 bridgehead atoms. The van der Waals surface area contributed by atoms with Crippen molar-refractivity contribution in [2.75, 3.05) is 0 Å². The number of benzene rings is 1. The Balaban J connectivity index is 1.62. The molecule has 0 unspecified atom stereocenters. The molecule has 4 rings (SSSR count). The van der Waals surface area contributed by atoms with Gasteiger partial charge in [-0.1, -0.05) is 23.9 Å². The second kappa shape index (κ2) is 5.62. The number of fused-ring (bicyclic) bond motifs is 2. The van der Waals surface area contributed by atoms with Gasteiger partial charge in [0.05, 0.1) is 5.69 Å². The zero-order valence-electron chi connectivity index (χ0n) is 12.2. The number of hydrogen-bond donors (Lipinski definition) is 1. The van der Waals surface area contributed by atoms with Crippen LogP contribution in [0.4, 0.5) is 13.2 Å². The maximum atomic E-state index is 12.7. The Labute approximate surface area is 140 Å². The van der Waals surface area contributed by atoms with Crippen LogP contribution >= 0.6 is 11.8 Å². The number of rotatable bonds is 3. The van der Waals surface area contributed by atoms with Gasteiger partial charge in [-0.3, -0.25) is 9.89 Å². The highest BCUT2D eigenvalue weighted by Crippen LogP contribution is 2.27. The molecule has 0 amide bonds. The molecule has 1 aromatic carbocycles. The number of nitrogens with zero attached hydrogens (tertiary/aromatic N) is 4. The van der Waals surface area contributed by atoms with Gasteiger partial charge in [-0.25, -0.2) is 9.97 Å². The average Bonchev–Trinajstić information content (AvgIpc) is 3.16. The molecule has 0 saturated carbocycles. The van der Waals surface area contributed by atoms with Gasteiger partial charge in [-0.2, -0.15) is 22.7 Å². The number of hydrogen-bond acceptors (Lipinski definition) is 6. The molecule has 128 valence electrons. The van der Waals surface area contributed by atoms with Gasteiger partial charge in [-0.15, -0.1) is 0 Å². The van der Waals surface area contributed by atoms with Crippen LogP contribution in [0.1, 0.15) is 11.5 Å². The molecule has 0 aliphatic heterocycles. The van der Waals surface area contributed by atoms with Gasteiger partial charge >= 0.3 is 6.18 Å². The lowest BCUT2D eigenvalue weighted by Crippen LogP contribution is -2.16. The van der Waals surface area contributed by atoms with Crippen molar-refractivity contribution in [3.05, 3.63) is 52.2 Å². The first-order chi connectivity index (χ1) is 11.9. The molecule has 0 aliphatic rings. The van der Waals surface area contributed by atoms with Gasteiger partial charge in [0.15, 0.2) is 5.58 Å². The van der Waals surface area contributed by atoms with E-state index in [4.69, 9.17) is 4.42 Å². The van der Waals surface area contributed by atoms with Gasteiger partial charge in [0.1, 0.15) is 5.52 Å². The summed E-state index contributed by atoms with van der Waals surface area (Å²) in [5, 5.41) is 2.27. The number of para-hydroxylation sites is 2. The molecule has 3 aromatic heterocycles. The number of nitrogens with one attached hydrogen (secondary N) is 1. The summed E-state index contributed by atoms with van der Waals surface area (Å²) in [4.78, 5) is 23.5. The molecule has 25 heavy (non-hydrogen) atoms. The highest BCUT2D eigenvalue weighted by atomic mass is 32.2. The monoisotopic (exact) mass is 367 g/mol. The molecule has 0 aliphatic carbocycles. The number of H-pyrrole nitrogens is 1. The molecule has 0 saturated heterocycles. The van der Waals surface area contributed by atoms with E-state index in [1.807, 2.05) is 17.2 Å². The summed E-state index contributed by atoms with van der Waals surface area (Å²) in [5.41, 5.74) is 0.907. The number of aromatic amines is 1. The summed E-state index contributed by atoms with van der Waals surface area (Å²) < 4.78 is 44.2. The first kappa shape index (κ1) is 15.7. The van der Waals surface area contributed by atoms with Crippen LogP contribution in [0.5, 0.6) is 0 Å². The van der Waals surface area contributed by atoms with Crippen LogP contribution in [0.2, 0.25) is 0 Å². The summed E-state index contributed by atoms with van der Waals surface area (Å²) in [6.45, 7) is 0. The van der Waals surface area contributed by atoms with E-state index in [0.717, 1.165) is 6.07 Å². The van der Waals surface area contributed by atoms with Crippen LogP contribution in [0, 0.1) is 0 Å². The Morgan fingerprint density at radius 1 is 1.20 bits per heavy atom. The van der Waals surface area contributed by atoms with Crippen LogP contribution < -0.4 is 5.56 Å². The second-order valence-electron chi connectivity index (χ2n) is 5.03. The lowest BCUT2D eigenvalue weighted by atomic mass is 10.3. The predicted octanol–water partition coefficient (Wildman–Crippen LogP) is 2.87. The molecule has 0 atom stereocenters. The summed E-state index contributed by atoms with van der Waals surface area (Å²) in [7, 11) is 0. The van der Waals surface area contributed by atoms with E-state index in [1.165, 1.54) is 11.8 Å². The fourth-order valence-electron chi connectivity index (χ4n) is 2.18. The predicted molar refractivity (Wildman–Crippen MR) is 82.2 cm³/mol. The van der Waals surface area contributed by atoms with E-state index in [1.54, 1.807) is 12.1 Å². The van der Waals surface area contributed by atoms with E-state index in [-0.39, 0.29) is 17.2 Å². The fourth-order valence-corrected chi connectivity index (χ4v) is 2.91. The number of halogens is 3. The molecule has 0 radical (unpaired) electrons. The van der Waals surface area contributed by atoms with Crippen molar-refractivity contribution in [1.82, 2.24) is 24.6 Å². The van der Waals surface area contributed by atoms with Gasteiger partial charge in [0, 0.05) is 11.8 Å². The zero-order chi connectivity index (χ0) is 17.6. The average molecular weight is 367 g/mol. The normalized spacial score (nSPS) is 12.3. The Kier molecular flexibility index (Phi) is 3.53. The standard InChI is InChI=1S/C14H8F3N5O2S/c15-14(16,17)11-20-12-18-7(5-10(23)22(12)21-11)6-25-13-19-8-3-1-2-4-9(8)24-13/h1-5H,6H2,(H,18,20,21). The highest BCUT2D eigenvalue weighted by molar-refractivity contribution is 7.98. The Morgan fingerprint density at radius 2 is 2.00 bits per heavy atom. The fraction of sp³-hybridized carbons (Fsp3) is 0.143. The molecular formula is C14H8F3N5O2S. The van der Waals surface area contributed by atoms with Gasteiger partial charge in [0.2, 0.25) is 5.82 Å². The lowest BCUT2D eigenvalue weighted by molar-refractivity contribution is -0.144. The largest absolute Gasteiger partial charge is 0.451 e. The molecule has 0 fully saturated rings. The minimum absolute atomic E-state index is 0.201. The SMILES string of the molecule is O=c1cc(CSc2nc3ccccc3o2)nc2nc(C(F)(F)F)[nH]n12. The Morgan fingerprint density at radius 3 is 2.76 bits per heavy atom. The van der Waals surface area contributed by atoms with Crippen molar-refractivity contribution >= 4 is 28.6 Å². The minimum Gasteiger partial charge on any atom is -0.431 e. The molecule has 7 nitrogen and oxygen atoms in total. The van der Waals surface area contributed by atoms with Gasteiger partial charge in [-0.05, 0) is 12.1 Å². The first-order valence-electron chi connectivity index (χ1n) is 6.94. The van der Waals surface area contributed by atoms with Crippen molar-refractivity contribution in [1.29, 1.82) is 0 Å². The summed E-state index contributed by atoms with van der Waals surface area (Å²) in [5.74, 6) is -1.42. The highest BCUT2D eigenvalue weighted by Gasteiger charge is 2.35. The molecule has 0 spiro atoms. The third kappa shape index (κ3) is 2.97. The zero-order valence-corrected chi connectivity index (χ0v) is 13.1. The summed E-state index contributed by atoms with van der Waals surface area (Å²) >= 11 is 1.18. The minimum atomic E-state index is -4.69. The van der Waals surface area contributed by atoms with Crippen LogP contribution in [0.15, 0.2) is 44.8 Å². The van der Waals surface area contributed by atoms with Crippen molar-refractivity contribution in [2.45, 2.75) is 17.2 Å². The summed E-state index contributed by atoms with van der Waals surface area (Å²) in [6.07, 6.45) is -4.69. The lowest BCUT2D eigenvalue weighted by Gasteiger charge is -1.98. The van der Waals surface area contributed by atoms with Gasteiger partial charge in [0.25, 0.3) is 16.6 Å². The van der Waals surface area contributed by atoms with Crippen molar-refractivity contribution < 1.29 is 17.6 Å². The number of thioether (sulfide) groups is 1. The molecule has 11 heteroatoms. The van der Waals surface area contributed by atoms with Crippen LogP contribution in [-0.4, -0.2) is 24.6 Å². The third-order valence-corrected chi connectivity index (χ3v) is 4.13. The van der Waals surface area contributed by atoms with Gasteiger partial charge < -0.3 is 4.42 Å². The van der Waals surface area contributed by atoms with Crippen molar-refractivity contribution in [3.63, 3.8) is 0 Å². The van der Waals surface area contributed by atoms with Crippen LogP contribution in [0.3, 0.4) is 0 Å². The topological polar surface area (TPSA) is 89.1 Å². The quantitative estimate of drug-likeness (QED) is 0.560. The maximum Gasteiger partial charge on any atom is 0.451 e. The van der Waals surface area contributed by atoms with E-state index in [9.17, 15) is 18.0 Å². The third-order valence-electron chi connectivity index (χ3n) is 3.27. The van der Waals surface area contributed by atoms with Crippen molar-refractivity contribution in [2.24, 2.45) is 0 Å². The van der Waals surface area contributed by atoms with Crippen LogP contribution in [-0.2, 0) is 11.9 Å². The molecule has 4 aromatic rings. The molecule has 3 heterocycles. The van der Waals surface area contributed by atoms with Crippen LogP contribution in [0.25, 0.3) is 16.9 Å². The second-order valence-corrected chi connectivity index (χ2v) is 5.95.